The Kier molecular flexibility index (Phi) is 4.19. The molecule has 1 fully saturated rings. The van der Waals surface area contributed by atoms with E-state index >= 15 is 0 Å². The number of nitrogens with one attached hydrogen (secondary N) is 1. The molecule has 1 aromatic rings. The van der Waals surface area contributed by atoms with E-state index in [9.17, 15) is 9.59 Å². The van der Waals surface area contributed by atoms with Gasteiger partial charge < -0.3 is 15.8 Å². The zero-order valence-corrected chi connectivity index (χ0v) is 13.5. The molecule has 0 bridgehead atoms. The van der Waals surface area contributed by atoms with Crippen molar-refractivity contribution in [1.82, 2.24) is 4.98 Å². The number of carbonyl (C=O) groups excluding carboxylic acids is 2. The maximum absolute atomic E-state index is 12.5. The lowest BCUT2D eigenvalue weighted by atomic mass is 9.54. The van der Waals surface area contributed by atoms with Gasteiger partial charge in [0.15, 0.2) is 10.9 Å². The van der Waals surface area contributed by atoms with Gasteiger partial charge in [0.2, 0.25) is 5.91 Å². The van der Waals surface area contributed by atoms with Gasteiger partial charge in [-0.05, 0) is 6.92 Å². The third-order valence-corrected chi connectivity index (χ3v) is 5.08. The van der Waals surface area contributed by atoms with Gasteiger partial charge in [-0.2, -0.15) is 0 Å². The fourth-order valence-corrected chi connectivity index (χ4v) is 3.27. The number of thiazole rings is 1. The van der Waals surface area contributed by atoms with Crippen molar-refractivity contribution < 1.29 is 14.3 Å². The van der Waals surface area contributed by atoms with Crippen LogP contribution in [0, 0.1) is 5.41 Å². The van der Waals surface area contributed by atoms with Gasteiger partial charge in [0, 0.05) is 30.7 Å². The molecule has 116 valence electrons. The van der Waals surface area contributed by atoms with E-state index in [1.54, 1.807) is 5.38 Å². The molecule has 1 aliphatic rings. The summed E-state index contributed by atoms with van der Waals surface area (Å²) in [5, 5.41) is 4.73. The third kappa shape index (κ3) is 2.61. The largest absolute Gasteiger partial charge is 0.378 e. The number of hydrogen-bond acceptors (Lipinski definition) is 6. The Balaban J connectivity index is 2.08. The molecule has 1 heterocycles. The van der Waals surface area contributed by atoms with Crippen LogP contribution in [0.15, 0.2) is 5.38 Å². The second-order valence-electron chi connectivity index (χ2n) is 5.89. The summed E-state index contributed by atoms with van der Waals surface area (Å²) in [4.78, 5) is 27.7. The molecule has 2 atom stereocenters. The van der Waals surface area contributed by atoms with Crippen LogP contribution < -0.4 is 11.1 Å². The fraction of sp³-hybridized carbons (Fsp3) is 0.643. The normalized spacial score (nSPS) is 27.0. The first-order chi connectivity index (χ1) is 9.72. The Morgan fingerprint density at radius 3 is 2.71 bits per heavy atom. The zero-order chi connectivity index (χ0) is 15.8. The van der Waals surface area contributed by atoms with E-state index < -0.39 is 11.0 Å². The van der Waals surface area contributed by atoms with Gasteiger partial charge in [0.1, 0.15) is 11.2 Å². The van der Waals surface area contributed by atoms with E-state index in [0.29, 0.717) is 23.9 Å². The maximum atomic E-state index is 12.5. The number of nitrogens with zero attached hydrogens (tertiary/aromatic N) is 1. The third-order valence-electron chi connectivity index (χ3n) is 4.32. The highest BCUT2D eigenvalue weighted by molar-refractivity contribution is 7.14. The first-order valence-corrected chi connectivity index (χ1v) is 7.78. The van der Waals surface area contributed by atoms with E-state index in [1.807, 2.05) is 20.8 Å². The van der Waals surface area contributed by atoms with Gasteiger partial charge in [0.25, 0.3) is 0 Å². The number of ether oxygens (including phenoxy) is 1. The second kappa shape index (κ2) is 5.47. The number of carbonyl (C=O) groups is 2. The summed E-state index contributed by atoms with van der Waals surface area (Å²) in [6.07, 6.45) is 0.451. The molecule has 0 aliphatic heterocycles. The van der Waals surface area contributed by atoms with E-state index in [4.69, 9.17) is 10.5 Å². The van der Waals surface area contributed by atoms with Crippen molar-refractivity contribution in [1.29, 1.82) is 0 Å². The summed E-state index contributed by atoms with van der Waals surface area (Å²) in [5.74, 6) is -0.414. The summed E-state index contributed by atoms with van der Waals surface area (Å²) in [6, 6.07) is 0. The number of amides is 1. The maximum Gasteiger partial charge on any atom is 0.246 e. The van der Waals surface area contributed by atoms with Gasteiger partial charge >= 0.3 is 0 Å². The SMILES string of the molecule is CCOC1CC(N)(C(=O)Nc2nc(C(C)=O)cs2)C1(C)C. The number of aromatic nitrogens is 1. The van der Waals surface area contributed by atoms with Crippen molar-refractivity contribution in [3.05, 3.63) is 11.1 Å². The van der Waals surface area contributed by atoms with Crippen LogP contribution in [0.4, 0.5) is 5.13 Å². The van der Waals surface area contributed by atoms with Crippen LogP contribution in [0.5, 0.6) is 0 Å². The average molecular weight is 311 g/mol. The quantitative estimate of drug-likeness (QED) is 0.809. The summed E-state index contributed by atoms with van der Waals surface area (Å²) < 4.78 is 5.61. The number of Topliss-reactive ketones (excluding diaryl/α,β-unsaturated/α-hetero) is 1. The Hall–Kier alpha value is -1.31. The molecule has 1 saturated carbocycles. The van der Waals surface area contributed by atoms with Crippen molar-refractivity contribution in [2.24, 2.45) is 11.1 Å². The smallest absolute Gasteiger partial charge is 0.246 e. The molecule has 0 aromatic carbocycles. The van der Waals surface area contributed by atoms with Crippen LogP contribution in [-0.2, 0) is 9.53 Å². The van der Waals surface area contributed by atoms with Crippen LogP contribution in [0.3, 0.4) is 0 Å². The molecule has 1 amide bonds. The summed E-state index contributed by atoms with van der Waals surface area (Å²) in [7, 11) is 0. The zero-order valence-electron chi connectivity index (χ0n) is 12.7. The average Bonchev–Trinajstić information content (AvgIpc) is 2.86. The topological polar surface area (TPSA) is 94.3 Å². The first kappa shape index (κ1) is 16.1. The first-order valence-electron chi connectivity index (χ1n) is 6.90. The number of rotatable bonds is 5. The number of anilines is 1. The van der Waals surface area contributed by atoms with Crippen LogP contribution in [0.2, 0.25) is 0 Å². The monoisotopic (exact) mass is 311 g/mol. The summed E-state index contributed by atoms with van der Waals surface area (Å²) >= 11 is 1.22. The molecular formula is C14H21N3O3S. The highest BCUT2D eigenvalue weighted by atomic mass is 32.1. The molecule has 0 radical (unpaired) electrons. The minimum absolute atomic E-state index is 0.0256. The minimum Gasteiger partial charge on any atom is -0.378 e. The van der Waals surface area contributed by atoms with E-state index in [0.717, 1.165) is 0 Å². The molecule has 0 spiro atoms. The molecule has 6 nitrogen and oxygen atoms in total. The van der Waals surface area contributed by atoms with Crippen molar-refractivity contribution in [3.63, 3.8) is 0 Å². The highest BCUT2D eigenvalue weighted by Gasteiger charge is 2.62. The molecule has 21 heavy (non-hydrogen) atoms. The summed E-state index contributed by atoms with van der Waals surface area (Å²) in [5.41, 5.74) is 5.18. The van der Waals surface area contributed by atoms with Crippen molar-refractivity contribution >= 4 is 28.2 Å². The fourth-order valence-electron chi connectivity index (χ4n) is 2.52. The Bertz CT molecular complexity index is 570. The second-order valence-corrected chi connectivity index (χ2v) is 6.75. The number of hydrogen-bond donors (Lipinski definition) is 2. The van der Waals surface area contributed by atoms with Crippen molar-refractivity contribution in [2.45, 2.75) is 45.8 Å². The van der Waals surface area contributed by atoms with Crippen LogP contribution in [0.1, 0.15) is 44.6 Å². The molecule has 7 heteroatoms. The Morgan fingerprint density at radius 1 is 1.57 bits per heavy atom. The lowest BCUT2D eigenvalue weighted by Gasteiger charge is -2.57. The predicted molar refractivity (Wildman–Crippen MR) is 81.5 cm³/mol. The van der Waals surface area contributed by atoms with Crippen LogP contribution >= 0.6 is 11.3 Å². The Labute approximate surface area is 128 Å². The van der Waals surface area contributed by atoms with Gasteiger partial charge in [-0.15, -0.1) is 11.3 Å². The molecule has 1 aromatic heterocycles. The van der Waals surface area contributed by atoms with E-state index in [2.05, 4.69) is 10.3 Å². The van der Waals surface area contributed by atoms with Gasteiger partial charge in [0.05, 0.1) is 6.10 Å². The van der Waals surface area contributed by atoms with E-state index in [1.165, 1.54) is 18.3 Å². The van der Waals surface area contributed by atoms with Crippen LogP contribution in [-0.4, -0.2) is 34.9 Å². The summed E-state index contributed by atoms with van der Waals surface area (Å²) in [6.45, 7) is 7.82. The van der Waals surface area contributed by atoms with Crippen LogP contribution in [0.25, 0.3) is 0 Å². The molecule has 2 rings (SSSR count). The standard InChI is InChI=1S/C14H21N3O3S/c1-5-20-10-6-14(15,13(10,3)4)11(19)17-12-16-9(7-21-12)8(2)18/h7,10H,5-6,15H2,1-4H3,(H,16,17,19). The molecule has 0 saturated heterocycles. The number of ketones is 1. The van der Waals surface area contributed by atoms with Gasteiger partial charge in [-0.1, -0.05) is 13.8 Å². The molecule has 1 aliphatic carbocycles. The predicted octanol–water partition coefficient (Wildman–Crippen LogP) is 1.82. The molecule has 3 N–H and O–H groups in total. The lowest BCUT2D eigenvalue weighted by Crippen LogP contribution is -2.74. The minimum atomic E-state index is -0.991. The van der Waals surface area contributed by atoms with Gasteiger partial charge in [-0.25, -0.2) is 4.98 Å². The lowest BCUT2D eigenvalue weighted by molar-refractivity contribution is -0.166. The molecule has 2 unspecified atom stereocenters. The van der Waals surface area contributed by atoms with Crippen molar-refractivity contribution in [3.8, 4) is 0 Å². The Morgan fingerprint density at radius 2 is 2.24 bits per heavy atom. The van der Waals surface area contributed by atoms with E-state index in [-0.39, 0.29) is 17.8 Å². The number of nitrogens with two attached hydrogens (primary N) is 1. The highest BCUT2D eigenvalue weighted by Crippen LogP contribution is 2.50. The van der Waals surface area contributed by atoms with Crippen molar-refractivity contribution in [2.75, 3.05) is 11.9 Å². The van der Waals surface area contributed by atoms with Gasteiger partial charge in [-0.3, -0.25) is 9.59 Å². The molecular weight excluding hydrogens is 290 g/mol.